The van der Waals surface area contributed by atoms with Gasteiger partial charge in [0.1, 0.15) is 0 Å². The van der Waals surface area contributed by atoms with E-state index in [9.17, 15) is 4.79 Å². The Bertz CT molecular complexity index is 766. The van der Waals surface area contributed by atoms with E-state index in [0.717, 1.165) is 10.8 Å². The first-order chi connectivity index (χ1) is 9.75. The SMILES string of the molecule is Nc1c(NC(=O)c2ccccc2)ccc2ccccc12. The number of carbonyl (C=O) groups is 1. The van der Waals surface area contributed by atoms with Crippen LogP contribution in [0.15, 0.2) is 66.7 Å². The zero-order chi connectivity index (χ0) is 13.9. The number of hydrogen-bond acceptors (Lipinski definition) is 2. The van der Waals surface area contributed by atoms with Gasteiger partial charge in [0.15, 0.2) is 0 Å². The summed E-state index contributed by atoms with van der Waals surface area (Å²) in [4.78, 5) is 12.1. The number of hydrogen-bond donors (Lipinski definition) is 2. The summed E-state index contributed by atoms with van der Waals surface area (Å²) in [7, 11) is 0. The Labute approximate surface area is 117 Å². The molecule has 98 valence electrons. The lowest BCUT2D eigenvalue weighted by atomic mass is 10.1. The standard InChI is InChI=1S/C17H14N2O/c18-16-14-9-5-4-6-12(14)10-11-15(16)19-17(20)13-7-2-1-3-8-13/h1-11H,18H2,(H,19,20). The summed E-state index contributed by atoms with van der Waals surface area (Å²) < 4.78 is 0. The third-order valence-electron chi connectivity index (χ3n) is 3.25. The van der Waals surface area contributed by atoms with Gasteiger partial charge in [0.2, 0.25) is 0 Å². The summed E-state index contributed by atoms with van der Waals surface area (Å²) in [6, 6.07) is 20.7. The Morgan fingerprint density at radius 3 is 2.35 bits per heavy atom. The molecule has 3 aromatic rings. The van der Waals surface area contributed by atoms with E-state index in [4.69, 9.17) is 5.73 Å². The van der Waals surface area contributed by atoms with Crippen LogP contribution in [0, 0.1) is 0 Å². The molecule has 3 heteroatoms. The molecule has 0 aromatic heterocycles. The maximum absolute atomic E-state index is 12.1. The molecule has 0 atom stereocenters. The maximum atomic E-state index is 12.1. The van der Waals surface area contributed by atoms with Crippen LogP contribution in [0.2, 0.25) is 0 Å². The van der Waals surface area contributed by atoms with E-state index in [1.54, 1.807) is 12.1 Å². The molecular weight excluding hydrogens is 248 g/mol. The third-order valence-corrected chi connectivity index (χ3v) is 3.25. The summed E-state index contributed by atoms with van der Waals surface area (Å²) in [6.45, 7) is 0. The highest BCUT2D eigenvalue weighted by Gasteiger charge is 2.09. The fourth-order valence-corrected chi connectivity index (χ4v) is 2.19. The Hall–Kier alpha value is -2.81. The van der Waals surface area contributed by atoms with E-state index in [0.29, 0.717) is 16.9 Å². The summed E-state index contributed by atoms with van der Waals surface area (Å²) in [5, 5.41) is 4.86. The summed E-state index contributed by atoms with van der Waals surface area (Å²) >= 11 is 0. The molecular formula is C17H14N2O. The molecule has 0 fully saturated rings. The van der Waals surface area contributed by atoms with E-state index in [1.807, 2.05) is 54.6 Å². The molecule has 0 unspecified atom stereocenters. The molecule has 0 radical (unpaired) electrons. The van der Waals surface area contributed by atoms with Crippen LogP contribution in [-0.4, -0.2) is 5.91 Å². The van der Waals surface area contributed by atoms with Crippen molar-refractivity contribution in [1.29, 1.82) is 0 Å². The lowest BCUT2D eigenvalue weighted by Gasteiger charge is -2.10. The number of nitrogens with two attached hydrogens (primary N) is 1. The second-order valence-electron chi connectivity index (χ2n) is 4.57. The molecule has 0 aliphatic heterocycles. The first-order valence-corrected chi connectivity index (χ1v) is 6.39. The fraction of sp³-hybridized carbons (Fsp3) is 0. The lowest BCUT2D eigenvalue weighted by molar-refractivity contribution is 0.102. The molecule has 20 heavy (non-hydrogen) atoms. The van der Waals surface area contributed by atoms with E-state index in [2.05, 4.69) is 5.32 Å². The number of nitrogens with one attached hydrogen (secondary N) is 1. The molecule has 0 spiro atoms. The minimum Gasteiger partial charge on any atom is -0.397 e. The van der Waals surface area contributed by atoms with Crippen molar-refractivity contribution >= 4 is 28.1 Å². The van der Waals surface area contributed by atoms with Gasteiger partial charge in [0.25, 0.3) is 5.91 Å². The van der Waals surface area contributed by atoms with Crippen molar-refractivity contribution in [2.45, 2.75) is 0 Å². The van der Waals surface area contributed by atoms with Gasteiger partial charge in [-0.05, 0) is 23.6 Å². The average molecular weight is 262 g/mol. The van der Waals surface area contributed by atoms with Crippen LogP contribution in [0.5, 0.6) is 0 Å². The molecule has 0 aliphatic rings. The number of rotatable bonds is 2. The Balaban J connectivity index is 1.95. The quantitative estimate of drug-likeness (QED) is 0.692. The highest BCUT2D eigenvalue weighted by Crippen LogP contribution is 2.28. The Kier molecular flexibility index (Phi) is 3.09. The molecule has 3 rings (SSSR count). The average Bonchev–Trinajstić information content (AvgIpc) is 2.51. The van der Waals surface area contributed by atoms with Gasteiger partial charge in [0, 0.05) is 10.9 Å². The Morgan fingerprint density at radius 1 is 0.850 bits per heavy atom. The lowest BCUT2D eigenvalue weighted by Crippen LogP contribution is -2.13. The minimum absolute atomic E-state index is 0.160. The van der Waals surface area contributed by atoms with E-state index >= 15 is 0 Å². The van der Waals surface area contributed by atoms with Gasteiger partial charge in [-0.25, -0.2) is 0 Å². The highest BCUT2D eigenvalue weighted by molar-refractivity contribution is 6.09. The van der Waals surface area contributed by atoms with Crippen molar-refractivity contribution in [3.8, 4) is 0 Å². The van der Waals surface area contributed by atoms with Crippen LogP contribution in [0.4, 0.5) is 11.4 Å². The van der Waals surface area contributed by atoms with Gasteiger partial charge in [-0.3, -0.25) is 4.79 Å². The van der Waals surface area contributed by atoms with E-state index in [-0.39, 0.29) is 5.91 Å². The first-order valence-electron chi connectivity index (χ1n) is 6.39. The number of fused-ring (bicyclic) bond motifs is 1. The van der Waals surface area contributed by atoms with Gasteiger partial charge in [0.05, 0.1) is 11.4 Å². The number of amides is 1. The number of carbonyl (C=O) groups excluding carboxylic acids is 1. The molecule has 3 N–H and O–H groups in total. The van der Waals surface area contributed by atoms with Crippen LogP contribution in [0.3, 0.4) is 0 Å². The van der Waals surface area contributed by atoms with E-state index in [1.165, 1.54) is 0 Å². The van der Waals surface area contributed by atoms with Gasteiger partial charge < -0.3 is 11.1 Å². The fourth-order valence-electron chi connectivity index (χ4n) is 2.19. The predicted octanol–water partition coefficient (Wildman–Crippen LogP) is 3.67. The molecule has 0 saturated carbocycles. The molecule has 0 aliphatic carbocycles. The van der Waals surface area contributed by atoms with Crippen LogP contribution < -0.4 is 11.1 Å². The van der Waals surface area contributed by atoms with Crippen molar-refractivity contribution in [1.82, 2.24) is 0 Å². The van der Waals surface area contributed by atoms with Crippen LogP contribution in [0.1, 0.15) is 10.4 Å². The van der Waals surface area contributed by atoms with Crippen molar-refractivity contribution in [3.05, 3.63) is 72.3 Å². The predicted molar refractivity (Wildman–Crippen MR) is 82.8 cm³/mol. The normalized spacial score (nSPS) is 10.4. The molecule has 0 saturated heterocycles. The van der Waals surface area contributed by atoms with Crippen molar-refractivity contribution < 1.29 is 4.79 Å². The van der Waals surface area contributed by atoms with Crippen molar-refractivity contribution in [2.75, 3.05) is 11.1 Å². The summed E-state index contributed by atoms with van der Waals surface area (Å²) in [5.41, 5.74) is 7.97. The largest absolute Gasteiger partial charge is 0.397 e. The van der Waals surface area contributed by atoms with Crippen molar-refractivity contribution in [3.63, 3.8) is 0 Å². The van der Waals surface area contributed by atoms with Crippen molar-refractivity contribution in [2.24, 2.45) is 0 Å². The monoisotopic (exact) mass is 262 g/mol. The van der Waals surface area contributed by atoms with Gasteiger partial charge in [-0.15, -0.1) is 0 Å². The van der Waals surface area contributed by atoms with Crippen LogP contribution in [-0.2, 0) is 0 Å². The van der Waals surface area contributed by atoms with Crippen LogP contribution >= 0.6 is 0 Å². The van der Waals surface area contributed by atoms with Gasteiger partial charge in [-0.2, -0.15) is 0 Å². The molecule has 0 heterocycles. The second kappa shape index (κ2) is 5.05. The first kappa shape index (κ1) is 12.2. The second-order valence-corrected chi connectivity index (χ2v) is 4.57. The maximum Gasteiger partial charge on any atom is 0.255 e. The number of nitrogen functional groups attached to an aromatic ring is 1. The number of anilines is 2. The summed E-state index contributed by atoms with van der Waals surface area (Å²) in [5.74, 6) is -0.160. The minimum atomic E-state index is -0.160. The zero-order valence-corrected chi connectivity index (χ0v) is 10.8. The molecule has 3 aromatic carbocycles. The smallest absolute Gasteiger partial charge is 0.255 e. The molecule has 1 amide bonds. The van der Waals surface area contributed by atoms with E-state index < -0.39 is 0 Å². The van der Waals surface area contributed by atoms with Gasteiger partial charge in [-0.1, -0.05) is 48.5 Å². The third kappa shape index (κ3) is 2.21. The molecule has 0 bridgehead atoms. The molecule has 3 nitrogen and oxygen atoms in total. The zero-order valence-electron chi connectivity index (χ0n) is 10.8. The highest BCUT2D eigenvalue weighted by atomic mass is 16.1. The topological polar surface area (TPSA) is 55.1 Å². The van der Waals surface area contributed by atoms with Gasteiger partial charge >= 0.3 is 0 Å². The Morgan fingerprint density at radius 2 is 1.55 bits per heavy atom. The number of benzene rings is 3. The summed E-state index contributed by atoms with van der Waals surface area (Å²) in [6.07, 6.45) is 0. The van der Waals surface area contributed by atoms with Crippen LogP contribution in [0.25, 0.3) is 10.8 Å².